The molecule has 2 aliphatic carbocycles. The van der Waals surface area contributed by atoms with Gasteiger partial charge in [0.05, 0.1) is 6.16 Å². The predicted molar refractivity (Wildman–Crippen MR) is 168 cm³/mol. The average molecular weight is 595 g/mol. The van der Waals surface area contributed by atoms with E-state index in [9.17, 15) is 4.57 Å². The number of hydrogen-bond donors (Lipinski definition) is 6. The molecule has 7 N–H and O–H groups in total. The van der Waals surface area contributed by atoms with Gasteiger partial charge in [-0.3, -0.25) is 9.46 Å². The zero-order chi connectivity index (χ0) is 29.1. The number of nitrogens with zero attached hydrogens (tertiary/aromatic N) is 4. The lowest BCUT2D eigenvalue weighted by molar-refractivity contribution is 0.188. The maximum absolute atomic E-state index is 11.2. The molecule has 1 atom stereocenters. The molecule has 1 aromatic rings. The van der Waals surface area contributed by atoms with Gasteiger partial charge in [0.1, 0.15) is 11.6 Å². The van der Waals surface area contributed by atoms with Crippen LogP contribution in [-0.2, 0) is 4.57 Å². The Labute approximate surface area is 247 Å². The Balaban J connectivity index is 1.11. The third kappa shape index (κ3) is 11.6. The van der Waals surface area contributed by atoms with Crippen molar-refractivity contribution in [3.8, 4) is 0 Å². The van der Waals surface area contributed by atoms with Gasteiger partial charge in [0.2, 0.25) is 5.95 Å². The van der Waals surface area contributed by atoms with E-state index in [1.165, 1.54) is 64.2 Å². The molecule has 0 radical (unpaired) electrons. The number of anilines is 3. The molecule has 3 aliphatic rings. The van der Waals surface area contributed by atoms with E-state index < -0.39 is 7.60 Å². The molecule has 2 heterocycles. The van der Waals surface area contributed by atoms with Crippen LogP contribution in [0.3, 0.4) is 0 Å². The number of hydrogen-bond acceptors (Lipinski definition) is 9. The van der Waals surface area contributed by atoms with Crippen molar-refractivity contribution in [2.24, 2.45) is 11.8 Å². The summed E-state index contributed by atoms with van der Waals surface area (Å²) >= 11 is 0. The third-order valence-corrected chi connectivity index (χ3v) is 10.1. The van der Waals surface area contributed by atoms with E-state index in [2.05, 4.69) is 37.7 Å². The molecule has 0 spiro atoms. The van der Waals surface area contributed by atoms with Crippen LogP contribution in [0, 0.1) is 11.8 Å². The second-order valence-corrected chi connectivity index (χ2v) is 14.4. The van der Waals surface area contributed by atoms with E-state index in [0.717, 1.165) is 63.6 Å². The van der Waals surface area contributed by atoms with Gasteiger partial charge < -0.3 is 36.4 Å². The quantitative estimate of drug-likeness (QED) is 0.131. The van der Waals surface area contributed by atoms with Gasteiger partial charge in [-0.15, -0.1) is 0 Å². The van der Waals surface area contributed by atoms with Crippen LogP contribution in [0.5, 0.6) is 0 Å². The molecule has 11 nitrogen and oxygen atoms in total. The highest BCUT2D eigenvalue weighted by Gasteiger charge is 2.26. The van der Waals surface area contributed by atoms with Crippen molar-refractivity contribution in [2.75, 3.05) is 74.5 Å². The van der Waals surface area contributed by atoms with Gasteiger partial charge in [0, 0.05) is 44.3 Å². The lowest BCUT2D eigenvalue weighted by atomic mass is 9.82. The van der Waals surface area contributed by atoms with Crippen molar-refractivity contribution in [1.82, 2.24) is 25.5 Å². The Hall–Kier alpha value is -1.49. The highest BCUT2D eigenvalue weighted by Crippen LogP contribution is 2.35. The SMILES string of the molecule is C[C@@H]1CN(c2cc(N)nc(NC[C@H]3CC[C@H](CNCCCNC4CCCCC4)CC3)n2)CCN1CCCP(=O)(O)O. The molecule has 234 valence electrons. The van der Waals surface area contributed by atoms with Gasteiger partial charge in [-0.2, -0.15) is 9.97 Å². The summed E-state index contributed by atoms with van der Waals surface area (Å²) in [6.07, 6.45) is 13.6. The van der Waals surface area contributed by atoms with E-state index in [1.54, 1.807) is 0 Å². The molecule has 1 aromatic heterocycles. The van der Waals surface area contributed by atoms with Crippen LogP contribution in [0.4, 0.5) is 17.6 Å². The second kappa shape index (κ2) is 16.4. The van der Waals surface area contributed by atoms with Crippen LogP contribution in [0.15, 0.2) is 6.07 Å². The van der Waals surface area contributed by atoms with E-state index >= 15 is 0 Å². The Bertz CT molecular complexity index is 952. The highest BCUT2D eigenvalue weighted by molar-refractivity contribution is 7.51. The Morgan fingerprint density at radius 1 is 0.976 bits per heavy atom. The summed E-state index contributed by atoms with van der Waals surface area (Å²) in [5.74, 6) is 3.33. The molecule has 0 amide bonds. The molecule has 0 bridgehead atoms. The van der Waals surface area contributed by atoms with Crippen LogP contribution < -0.4 is 26.6 Å². The summed E-state index contributed by atoms with van der Waals surface area (Å²) in [5, 5.41) is 10.9. The molecule has 0 unspecified atom stereocenters. The molecule has 2 saturated carbocycles. The zero-order valence-corrected chi connectivity index (χ0v) is 26.0. The number of rotatable bonds is 15. The predicted octanol–water partition coefficient (Wildman–Crippen LogP) is 3.26. The summed E-state index contributed by atoms with van der Waals surface area (Å²) < 4.78 is 11.2. The van der Waals surface area contributed by atoms with Crippen molar-refractivity contribution in [1.29, 1.82) is 0 Å². The summed E-state index contributed by atoms with van der Waals surface area (Å²) in [6, 6.07) is 2.86. The fraction of sp³-hybridized carbons (Fsp3) is 0.862. The molecule has 3 fully saturated rings. The molecular weight excluding hydrogens is 539 g/mol. The molecule has 1 aliphatic heterocycles. The van der Waals surface area contributed by atoms with Gasteiger partial charge in [0.15, 0.2) is 0 Å². The van der Waals surface area contributed by atoms with Crippen molar-refractivity contribution in [3.63, 3.8) is 0 Å². The smallest absolute Gasteiger partial charge is 0.325 e. The van der Waals surface area contributed by atoms with Crippen molar-refractivity contribution in [3.05, 3.63) is 6.07 Å². The minimum Gasteiger partial charge on any atom is -0.383 e. The topological polar surface area (TPSA) is 152 Å². The van der Waals surface area contributed by atoms with Crippen molar-refractivity contribution < 1.29 is 14.4 Å². The summed E-state index contributed by atoms with van der Waals surface area (Å²) in [5.41, 5.74) is 6.16. The van der Waals surface area contributed by atoms with E-state index in [4.69, 9.17) is 20.5 Å². The lowest BCUT2D eigenvalue weighted by Gasteiger charge is -2.40. The first-order valence-electron chi connectivity index (χ1n) is 16.1. The molecule has 1 saturated heterocycles. The minimum atomic E-state index is -3.94. The van der Waals surface area contributed by atoms with Gasteiger partial charge in [-0.05, 0) is 96.3 Å². The van der Waals surface area contributed by atoms with Crippen LogP contribution in [0.2, 0.25) is 0 Å². The zero-order valence-electron chi connectivity index (χ0n) is 25.1. The minimum absolute atomic E-state index is 0.0613. The molecule has 41 heavy (non-hydrogen) atoms. The first-order chi connectivity index (χ1) is 19.7. The summed E-state index contributed by atoms with van der Waals surface area (Å²) in [4.78, 5) is 32.0. The fourth-order valence-electron chi connectivity index (χ4n) is 6.72. The Kier molecular flexibility index (Phi) is 13.0. The van der Waals surface area contributed by atoms with Crippen LogP contribution in [-0.4, -0.2) is 95.3 Å². The van der Waals surface area contributed by atoms with Gasteiger partial charge >= 0.3 is 7.60 Å². The molecular formula is C29H55N8O3P. The van der Waals surface area contributed by atoms with Gasteiger partial charge in [-0.25, -0.2) is 0 Å². The maximum Gasteiger partial charge on any atom is 0.325 e. The number of aromatic nitrogens is 2. The summed E-state index contributed by atoms with van der Waals surface area (Å²) in [6.45, 7) is 9.52. The standard InChI is InChI=1S/C29H55N8O3P/c1-23-22-37(17-16-36(23)15-6-18-41(38,39)40)28-19-27(30)34-29(35-28)33-21-25-11-9-24(10-12-25)20-31-13-5-14-32-26-7-3-2-4-8-26/h19,23-26,31-32H,2-18,20-22H2,1H3,(H2,38,39,40)(H3,30,33,34,35)/t23-,24-,25-/m1/s1. The van der Waals surface area contributed by atoms with Crippen LogP contribution >= 0.6 is 7.60 Å². The Morgan fingerprint density at radius 2 is 1.71 bits per heavy atom. The third-order valence-electron chi connectivity index (χ3n) is 9.23. The molecule has 12 heteroatoms. The van der Waals surface area contributed by atoms with Gasteiger partial charge in [-0.1, -0.05) is 19.3 Å². The second-order valence-electron chi connectivity index (χ2n) is 12.7. The van der Waals surface area contributed by atoms with Gasteiger partial charge in [0.25, 0.3) is 0 Å². The Morgan fingerprint density at radius 3 is 2.41 bits per heavy atom. The fourth-order valence-corrected chi connectivity index (χ4v) is 7.27. The maximum atomic E-state index is 11.2. The number of nitrogen functional groups attached to an aromatic ring is 1. The van der Waals surface area contributed by atoms with E-state index in [1.807, 2.05) is 6.07 Å². The number of nitrogens with two attached hydrogens (primary N) is 1. The monoisotopic (exact) mass is 594 g/mol. The molecule has 0 aromatic carbocycles. The van der Waals surface area contributed by atoms with Crippen LogP contribution in [0.25, 0.3) is 0 Å². The molecule has 4 rings (SSSR count). The largest absolute Gasteiger partial charge is 0.383 e. The van der Waals surface area contributed by atoms with Crippen molar-refractivity contribution in [2.45, 2.75) is 89.6 Å². The normalized spacial score (nSPS) is 25.0. The summed E-state index contributed by atoms with van der Waals surface area (Å²) in [7, 11) is -3.94. The van der Waals surface area contributed by atoms with E-state index in [-0.39, 0.29) is 12.2 Å². The van der Waals surface area contributed by atoms with E-state index in [0.29, 0.717) is 30.6 Å². The first kappa shape index (κ1) is 32.4. The highest BCUT2D eigenvalue weighted by atomic mass is 31.2. The first-order valence-corrected chi connectivity index (χ1v) is 17.9. The number of nitrogens with one attached hydrogen (secondary N) is 3. The van der Waals surface area contributed by atoms with Crippen molar-refractivity contribution >= 4 is 25.2 Å². The van der Waals surface area contributed by atoms with Crippen LogP contribution in [0.1, 0.15) is 77.6 Å². The number of piperazine rings is 1. The average Bonchev–Trinajstić information content (AvgIpc) is 2.95. The lowest BCUT2D eigenvalue weighted by Crippen LogP contribution is -2.52.